The second kappa shape index (κ2) is 4.84. The zero-order valence-corrected chi connectivity index (χ0v) is 9.60. The van der Waals surface area contributed by atoms with Gasteiger partial charge in [-0.2, -0.15) is 0 Å². The smallest absolute Gasteiger partial charge is 0.119 e. The first-order chi connectivity index (χ1) is 7.75. The Labute approximate surface area is 96.7 Å². The number of rotatable bonds is 3. The molecule has 0 atom stereocenters. The molecule has 16 heavy (non-hydrogen) atoms. The monoisotopic (exact) mass is 211 g/mol. The minimum atomic E-state index is 0.220. The van der Waals surface area contributed by atoms with E-state index in [1.54, 1.807) is 0 Å². The third kappa shape index (κ3) is 2.63. The minimum absolute atomic E-state index is 0.220. The molecule has 0 aliphatic carbocycles. The number of ether oxygens (including phenoxy) is 1. The van der Waals surface area contributed by atoms with Crippen LogP contribution in [0.4, 0.5) is 0 Å². The van der Waals surface area contributed by atoms with Gasteiger partial charge in [-0.1, -0.05) is 36.4 Å². The van der Waals surface area contributed by atoms with Gasteiger partial charge < -0.3 is 4.74 Å². The van der Waals surface area contributed by atoms with Crippen LogP contribution in [0.5, 0.6) is 5.75 Å². The molecular weight excluding hydrogens is 196 g/mol. The highest BCUT2D eigenvalue weighted by molar-refractivity contribution is 5.63. The van der Waals surface area contributed by atoms with Gasteiger partial charge in [0.1, 0.15) is 5.75 Å². The van der Waals surface area contributed by atoms with Crippen LogP contribution in [-0.4, -0.2) is 6.10 Å². The Balaban J connectivity index is 2.20. The molecule has 1 radical (unpaired) electrons. The van der Waals surface area contributed by atoms with Crippen LogP contribution in [-0.2, 0) is 0 Å². The van der Waals surface area contributed by atoms with Gasteiger partial charge in [0.25, 0.3) is 0 Å². The quantitative estimate of drug-likeness (QED) is 0.747. The molecule has 0 bridgehead atoms. The van der Waals surface area contributed by atoms with E-state index < -0.39 is 0 Å². The van der Waals surface area contributed by atoms with Crippen molar-refractivity contribution >= 4 is 0 Å². The normalized spacial score (nSPS) is 10.4. The van der Waals surface area contributed by atoms with Crippen molar-refractivity contribution in [3.8, 4) is 16.9 Å². The van der Waals surface area contributed by atoms with Crippen molar-refractivity contribution in [2.24, 2.45) is 0 Å². The Morgan fingerprint density at radius 1 is 0.875 bits per heavy atom. The third-order valence-electron chi connectivity index (χ3n) is 2.28. The molecule has 0 fully saturated rings. The van der Waals surface area contributed by atoms with Crippen molar-refractivity contribution < 1.29 is 4.74 Å². The first-order valence-corrected chi connectivity index (χ1v) is 5.49. The summed E-state index contributed by atoms with van der Waals surface area (Å²) in [5, 5.41) is 0. The Kier molecular flexibility index (Phi) is 3.25. The van der Waals surface area contributed by atoms with Crippen LogP contribution in [0.25, 0.3) is 11.1 Å². The third-order valence-corrected chi connectivity index (χ3v) is 2.28. The van der Waals surface area contributed by atoms with Gasteiger partial charge in [0, 0.05) is 0 Å². The standard InChI is InChI=1S/C15H15O/c1-12(2)16-15-10-8-14(9-11-15)13-6-4-3-5-7-13/h4-12H,1-2H3. The molecule has 81 valence electrons. The number of hydrogen-bond acceptors (Lipinski definition) is 1. The van der Waals surface area contributed by atoms with Gasteiger partial charge in [-0.15, -0.1) is 0 Å². The molecule has 0 aliphatic rings. The summed E-state index contributed by atoms with van der Waals surface area (Å²) in [6.07, 6.45) is 0.220. The minimum Gasteiger partial charge on any atom is -0.491 e. The molecule has 2 aromatic rings. The maximum Gasteiger partial charge on any atom is 0.119 e. The summed E-state index contributed by atoms with van der Waals surface area (Å²) in [4.78, 5) is 0. The van der Waals surface area contributed by atoms with Crippen molar-refractivity contribution in [2.45, 2.75) is 20.0 Å². The Morgan fingerprint density at radius 3 is 2.00 bits per heavy atom. The summed E-state index contributed by atoms with van der Waals surface area (Å²) >= 11 is 0. The van der Waals surface area contributed by atoms with Crippen LogP contribution in [0, 0.1) is 6.07 Å². The highest BCUT2D eigenvalue weighted by Crippen LogP contribution is 2.22. The van der Waals surface area contributed by atoms with E-state index in [0.29, 0.717) is 0 Å². The molecule has 0 saturated heterocycles. The lowest BCUT2D eigenvalue weighted by Gasteiger charge is -2.10. The first kappa shape index (κ1) is 10.7. The molecule has 0 saturated carbocycles. The highest BCUT2D eigenvalue weighted by Gasteiger charge is 1.99. The summed E-state index contributed by atoms with van der Waals surface area (Å²) in [5.41, 5.74) is 2.40. The van der Waals surface area contributed by atoms with Crippen molar-refractivity contribution in [3.05, 3.63) is 54.6 Å². The second-order valence-electron chi connectivity index (χ2n) is 3.98. The summed E-state index contributed by atoms with van der Waals surface area (Å²) in [5.74, 6) is 0.918. The van der Waals surface area contributed by atoms with E-state index in [1.165, 1.54) is 11.1 Å². The van der Waals surface area contributed by atoms with Crippen molar-refractivity contribution in [1.82, 2.24) is 0 Å². The first-order valence-electron chi connectivity index (χ1n) is 5.49. The largest absolute Gasteiger partial charge is 0.491 e. The molecule has 0 aliphatic heterocycles. The maximum atomic E-state index is 5.60. The number of benzene rings is 2. The molecule has 0 aromatic heterocycles. The van der Waals surface area contributed by atoms with E-state index >= 15 is 0 Å². The van der Waals surface area contributed by atoms with E-state index in [9.17, 15) is 0 Å². The van der Waals surface area contributed by atoms with Gasteiger partial charge in [0.15, 0.2) is 0 Å². The van der Waals surface area contributed by atoms with Gasteiger partial charge in [-0.25, -0.2) is 0 Å². The lowest BCUT2D eigenvalue weighted by atomic mass is 10.1. The summed E-state index contributed by atoms with van der Waals surface area (Å²) < 4.78 is 5.60. The van der Waals surface area contributed by atoms with Crippen LogP contribution in [0.3, 0.4) is 0 Å². The van der Waals surface area contributed by atoms with Crippen molar-refractivity contribution in [2.75, 3.05) is 0 Å². The Bertz CT molecular complexity index is 429. The summed E-state index contributed by atoms with van der Waals surface area (Å²) in [7, 11) is 0. The zero-order chi connectivity index (χ0) is 11.4. The second-order valence-corrected chi connectivity index (χ2v) is 3.98. The van der Waals surface area contributed by atoms with Gasteiger partial charge >= 0.3 is 0 Å². The van der Waals surface area contributed by atoms with E-state index in [0.717, 1.165) is 5.75 Å². The highest BCUT2D eigenvalue weighted by atomic mass is 16.5. The van der Waals surface area contributed by atoms with Gasteiger partial charge in [-0.05, 0) is 43.2 Å². The predicted molar refractivity (Wildman–Crippen MR) is 66.5 cm³/mol. The Hall–Kier alpha value is -1.76. The van der Waals surface area contributed by atoms with Gasteiger partial charge in [0.05, 0.1) is 6.10 Å². The van der Waals surface area contributed by atoms with Crippen LogP contribution in [0.2, 0.25) is 0 Å². The summed E-state index contributed by atoms with van der Waals surface area (Å²) in [6, 6.07) is 19.1. The fourth-order valence-corrected chi connectivity index (χ4v) is 1.58. The molecule has 2 rings (SSSR count). The fourth-order valence-electron chi connectivity index (χ4n) is 1.58. The average Bonchev–Trinajstić information content (AvgIpc) is 2.30. The van der Waals surface area contributed by atoms with E-state index in [-0.39, 0.29) is 6.10 Å². The van der Waals surface area contributed by atoms with E-state index in [1.807, 2.05) is 38.1 Å². The Morgan fingerprint density at radius 2 is 1.44 bits per heavy atom. The molecule has 1 heteroatoms. The maximum absolute atomic E-state index is 5.60. The van der Waals surface area contributed by atoms with Crippen molar-refractivity contribution in [3.63, 3.8) is 0 Å². The molecule has 2 aromatic carbocycles. The molecule has 0 unspecified atom stereocenters. The van der Waals surface area contributed by atoms with Crippen LogP contribution in [0.15, 0.2) is 48.5 Å². The fraction of sp³-hybridized carbons (Fsp3) is 0.200. The van der Waals surface area contributed by atoms with E-state index in [2.05, 4.69) is 30.3 Å². The van der Waals surface area contributed by atoms with E-state index in [4.69, 9.17) is 4.74 Å². The van der Waals surface area contributed by atoms with Crippen LogP contribution < -0.4 is 4.74 Å². The molecule has 1 nitrogen and oxygen atoms in total. The van der Waals surface area contributed by atoms with Crippen molar-refractivity contribution in [1.29, 1.82) is 0 Å². The topological polar surface area (TPSA) is 9.23 Å². The SMILES string of the molecule is CC(C)Oc1ccc(-c2cc[c]cc2)cc1. The number of hydrogen-bond donors (Lipinski definition) is 0. The lowest BCUT2D eigenvalue weighted by Crippen LogP contribution is -2.05. The van der Waals surface area contributed by atoms with Gasteiger partial charge in [0.2, 0.25) is 0 Å². The molecular formula is C15H15O. The zero-order valence-electron chi connectivity index (χ0n) is 9.60. The predicted octanol–water partition coefficient (Wildman–Crippen LogP) is 3.94. The summed E-state index contributed by atoms with van der Waals surface area (Å²) in [6.45, 7) is 4.06. The molecule has 0 N–H and O–H groups in total. The van der Waals surface area contributed by atoms with Gasteiger partial charge in [-0.3, -0.25) is 0 Å². The molecule has 0 spiro atoms. The average molecular weight is 211 g/mol. The molecule has 0 heterocycles. The van der Waals surface area contributed by atoms with Crippen LogP contribution >= 0.6 is 0 Å². The van der Waals surface area contributed by atoms with Crippen LogP contribution in [0.1, 0.15) is 13.8 Å². The molecule has 0 amide bonds. The lowest BCUT2D eigenvalue weighted by molar-refractivity contribution is 0.242.